The summed E-state index contributed by atoms with van der Waals surface area (Å²) in [6, 6.07) is 6.09. The molecule has 0 fully saturated rings. The summed E-state index contributed by atoms with van der Waals surface area (Å²) >= 11 is 0. The maximum atomic E-state index is 13.6. The Hall–Kier alpha value is -1.88. The van der Waals surface area contributed by atoms with Gasteiger partial charge in [-0.15, -0.1) is 0 Å². The Morgan fingerprint density at radius 2 is 2.22 bits per heavy atom. The number of aromatic nitrogens is 1. The second-order valence-corrected chi connectivity index (χ2v) is 4.08. The standard InChI is InChI=1S/C13H14FNO3/c1-8-5-11(15-18-8)7-17-13-4-3-10(9(2)16)6-12(13)14/h3-6,9,16H,7H2,1-2H3/t9-/m1/s1. The minimum absolute atomic E-state index is 0.125. The van der Waals surface area contributed by atoms with E-state index in [4.69, 9.17) is 9.26 Å². The summed E-state index contributed by atoms with van der Waals surface area (Å²) in [5, 5.41) is 13.1. The van der Waals surface area contributed by atoms with Crippen LogP contribution in [0.15, 0.2) is 28.8 Å². The second-order valence-electron chi connectivity index (χ2n) is 4.08. The second kappa shape index (κ2) is 5.18. The molecule has 1 aromatic heterocycles. The van der Waals surface area contributed by atoms with Crippen molar-refractivity contribution in [2.75, 3.05) is 0 Å². The van der Waals surface area contributed by atoms with Crippen molar-refractivity contribution < 1.29 is 18.8 Å². The monoisotopic (exact) mass is 251 g/mol. The van der Waals surface area contributed by atoms with Gasteiger partial charge < -0.3 is 14.4 Å². The van der Waals surface area contributed by atoms with Crippen LogP contribution in [0.1, 0.15) is 30.0 Å². The van der Waals surface area contributed by atoms with Crippen LogP contribution in [0.5, 0.6) is 5.75 Å². The van der Waals surface area contributed by atoms with Crippen molar-refractivity contribution in [3.63, 3.8) is 0 Å². The first kappa shape index (κ1) is 12.6. The van der Waals surface area contributed by atoms with Crippen molar-refractivity contribution in [3.05, 3.63) is 47.1 Å². The highest BCUT2D eigenvalue weighted by molar-refractivity contribution is 5.30. The van der Waals surface area contributed by atoms with Gasteiger partial charge in [-0.1, -0.05) is 11.2 Å². The smallest absolute Gasteiger partial charge is 0.165 e. The van der Waals surface area contributed by atoms with Gasteiger partial charge in [0.1, 0.15) is 18.1 Å². The SMILES string of the molecule is Cc1cc(COc2ccc([C@@H](C)O)cc2F)no1. The van der Waals surface area contributed by atoms with Gasteiger partial charge in [-0.25, -0.2) is 4.39 Å². The van der Waals surface area contributed by atoms with Crippen LogP contribution >= 0.6 is 0 Å². The Labute approximate surface area is 104 Å². The van der Waals surface area contributed by atoms with E-state index in [0.717, 1.165) is 0 Å². The highest BCUT2D eigenvalue weighted by atomic mass is 19.1. The quantitative estimate of drug-likeness (QED) is 0.907. The van der Waals surface area contributed by atoms with E-state index in [1.54, 1.807) is 26.0 Å². The molecule has 0 saturated carbocycles. The lowest BCUT2D eigenvalue weighted by Crippen LogP contribution is -1.99. The third-order valence-electron chi connectivity index (χ3n) is 2.49. The van der Waals surface area contributed by atoms with Gasteiger partial charge in [0.25, 0.3) is 0 Å². The first-order valence-corrected chi connectivity index (χ1v) is 5.59. The molecule has 96 valence electrons. The largest absolute Gasteiger partial charge is 0.484 e. The number of hydrogen-bond acceptors (Lipinski definition) is 4. The molecular formula is C13H14FNO3. The lowest BCUT2D eigenvalue weighted by Gasteiger charge is -2.08. The van der Waals surface area contributed by atoms with Gasteiger partial charge >= 0.3 is 0 Å². The number of nitrogens with zero attached hydrogens (tertiary/aromatic N) is 1. The fourth-order valence-electron chi connectivity index (χ4n) is 1.53. The summed E-state index contributed by atoms with van der Waals surface area (Å²) in [7, 11) is 0. The van der Waals surface area contributed by atoms with Crippen LogP contribution in [-0.2, 0) is 6.61 Å². The molecule has 0 aliphatic heterocycles. The summed E-state index contributed by atoms with van der Waals surface area (Å²) in [5.41, 5.74) is 1.11. The van der Waals surface area contributed by atoms with E-state index < -0.39 is 11.9 Å². The van der Waals surface area contributed by atoms with Gasteiger partial charge in [-0.3, -0.25) is 0 Å². The fourth-order valence-corrected chi connectivity index (χ4v) is 1.53. The molecule has 1 N–H and O–H groups in total. The summed E-state index contributed by atoms with van der Waals surface area (Å²) in [6.45, 7) is 3.49. The number of rotatable bonds is 4. The number of halogens is 1. The van der Waals surface area contributed by atoms with E-state index >= 15 is 0 Å². The minimum Gasteiger partial charge on any atom is -0.484 e. The molecular weight excluding hydrogens is 237 g/mol. The Bertz CT molecular complexity index is 537. The maximum Gasteiger partial charge on any atom is 0.165 e. The summed E-state index contributed by atoms with van der Waals surface area (Å²) in [6.07, 6.45) is -0.702. The zero-order valence-electron chi connectivity index (χ0n) is 10.2. The normalized spacial score (nSPS) is 12.4. The topological polar surface area (TPSA) is 55.5 Å². The predicted octanol–water partition coefficient (Wildman–Crippen LogP) is 2.75. The lowest BCUT2D eigenvalue weighted by atomic mass is 10.1. The van der Waals surface area contributed by atoms with Crippen LogP contribution in [0, 0.1) is 12.7 Å². The van der Waals surface area contributed by atoms with Crippen molar-refractivity contribution in [1.29, 1.82) is 0 Å². The molecule has 0 aliphatic carbocycles. The number of ether oxygens (including phenoxy) is 1. The zero-order valence-corrected chi connectivity index (χ0v) is 10.2. The molecule has 5 heteroatoms. The summed E-state index contributed by atoms with van der Waals surface area (Å²) in [5.74, 6) is 0.298. The molecule has 2 rings (SSSR count). The molecule has 0 amide bonds. The van der Waals surface area contributed by atoms with Crippen molar-refractivity contribution in [2.24, 2.45) is 0 Å². The van der Waals surface area contributed by atoms with Gasteiger partial charge in [-0.05, 0) is 31.5 Å². The van der Waals surface area contributed by atoms with E-state index in [-0.39, 0.29) is 12.4 Å². The van der Waals surface area contributed by atoms with Crippen LogP contribution in [0.4, 0.5) is 4.39 Å². The van der Waals surface area contributed by atoms with Crippen molar-refractivity contribution in [3.8, 4) is 5.75 Å². The van der Waals surface area contributed by atoms with E-state index in [1.807, 2.05) is 0 Å². The number of benzene rings is 1. The van der Waals surface area contributed by atoms with Crippen LogP contribution in [-0.4, -0.2) is 10.3 Å². The Morgan fingerprint density at radius 3 is 2.78 bits per heavy atom. The number of hydrogen-bond donors (Lipinski definition) is 1. The molecule has 0 spiro atoms. The first-order chi connectivity index (χ1) is 8.56. The summed E-state index contributed by atoms with van der Waals surface area (Å²) in [4.78, 5) is 0. The minimum atomic E-state index is -0.702. The van der Waals surface area contributed by atoms with Crippen molar-refractivity contribution >= 4 is 0 Å². The molecule has 1 heterocycles. The molecule has 1 atom stereocenters. The molecule has 0 radical (unpaired) electrons. The zero-order chi connectivity index (χ0) is 13.1. The molecule has 0 aliphatic rings. The fraction of sp³-hybridized carbons (Fsp3) is 0.308. The van der Waals surface area contributed by atoms with Gasteiger partial charge in [0.15, 0.2) is 11.6 Å². The van der Waals surface area contributed by atoms with E-state index in [9.17, 15) is 9.50 Å². The van der Waals surface area contributed by atoms with Crippen molar-refractivity contribution in [2.45, 2.75) is 26.6 Å². The van der Waals surface area contributed by atoms with Gasteiger partial charge in [-0.2, -0.15) is 0 Å². The van der Waals surface area contributed by atoms with Gasteiger partial charge in [0.05, 0.1) is 6.10 Å². The predicted molar refractivity (Wildman–Crippen MR) is 62.6 cm³/mol. The molecule has 2 aromatic rings. The van der Waals surface area contributed by atoms with E-state index in [2.05, 4.69) is 5.16 Å². The number of aliphatic hydroxyl groups is 1. The average molecular weight is 251 g/mol. The molecule has 4 nitrogen and oxygen atoms in total. The third kappa shape index (κ3) is 2.87. The van der Waals surface area contributed by atoms with Crippen LogP contribution < -0.4 is 4.74 Å². The summed E-state index contributed by atoms with van der Waals surface area (Å²) < 4.78 is 23.8. The highest BCUT2D eigenvalue weighted by Gasteiger charge is 2.09. The Kier molecular flexibility index (Phi) is 3.62. The Morgan fingerprint density at radius 1 is 1.44 bits per heavy atom. The van der Waals surface area contributed by atoms with Crippen molar-refractivity contribution in [1.82, 2.24) is 5.16 Å². The third-order valence-corrected chi connectivity index (χ3v) is 2.49. The Balaban J connectivity index is 2.05. The molecule has 0 unspecified atom stereocenters. The van der Waals surface area contributed by atoms with Crippen LogP contribution in [0.2, 0.25) is 0 Å². The molecule has 0 bridgehead atoms. The lowest BCUT2D eigenvalue weighted by molar-refractivity contribution is 0.198. The number of aryl methyl sites for hydroxylation is 1. The molecule has 18 heavy (non-hydrogen) atoms. The van der Waals surface area contributed by atoms with Gasteiger partial charge in [0, 0.05) is 6.07 Å². The highest BCUT2D eigenvalue weighted by Crippen LogP contribution is 2.22. The number of aliphatic hydroxyl groups excluding tert-OH is 1. The molecule has 1 aromatic carbocycles. The van der Waals surface area contributed by atoms with Gasteiger partial charge in [0.2, 0.25) is 0 Å². The average Bonchev–Trinajstić information content (AvgIpc) is 2.73. The maximum absolute atomic E-state index is 13.6. The van der Waals surface area contributed by atoms with E-state index in [1.165, 1.54) is 12.1 Å². The first-order valence-electron chi connectivity index (χ1n) is 5.59. The van der Waals surface area contributed by atoms with Crippen LogP contribution in [0.25, 0.3) is 0 Å². The molecule has 0 saturated heterocycles. The van der Waals surface area contributed by atoms with E-state index in [0.29, 0.717) is 17.0 Å². The van der Waals surface area contributed by atoms with Crippen LogP contribution in [0.3, 0.4) is 0 Å².